The molecule has 1 heterocycles. The lowest BCUT2D eigenvalue weighted by Crippen LogP contribution is -2.46. The minimum absolute atomic E-state index is 0.732. The van der Waals surface area contributed by atoms with E-state index in [-0.39, 0.29) is 0 Å². The van der Waals surface area contributed by atoms with Crippen LogP contribution in [0.15, 0.2) is 71.6 Å². The Labute approximate surface area is 166 Å². The standard InChI is InChI=1S/C24H27NOS/c1-2-25-16-8-15-24(26,18-25)22-13-6-4-10-20(22)17-27-23-14-7-11-19-9-3-5-12-21(19)23/h3-7,9-14,26H,2,8,15-18H2,1H3. The molecule has 140 valence electrons. The van der Waals surface area contributed by atoms with E-state index in [0.717, 1.165) is 43.8 Å². The fourth-order valence-corrected chi connectivity index (χ4v) is 5.27. The number of aliphatic hydroxyl groups is 1. The maximum absolute atomic E-state index is 11.4. The topological polar surface area (TPSA) is 23.5 Å². The summed E-state index contributed by atoms with van der Waals surface area (Å²) < 4.78 is 0. The molecule has 0 aliphatic carbocycles. The molecule has 27 heavy (non-hydrogen) atoms. The fraction of sp³-hybridized carbons (Fsp3) is 0.333. The Kier molecular flexibility index (Phi) is 5.53. The number of nitrogens with zero attached hydrogens (tertiary/aromatic N) is 1. The van der Waals surface area contributed by atoms with Crippen molar-refractivity contribution in [2.45, 2.75) is 36.0 Å². The first-order chi connectivity index (χ1) is 13.2. The first-order valence-corrected chi connectivity index (χ1v) is 10.8. The number of hydrogen-bond donors (Lipinski definition) is 1. The van der Waals surface area contributed by atoms with Gasteiger partial charge in [0.25, 0.3) is 0 Å². The van der Waals surface area contributed by atoms with E-state index >= 15 is 0 Å². The van der Waals surface area contributed by atoms with Gasteiger partial charge in [0.15, 0.2) is 0 Å². The number of benzene rings is 3. The zero-order valence-electron chi connectivity index (χ0n) is 15.9. The predicted molar refractivity (Wildman–Crippen MR) is 115 cm³/mol. The monoisotopic (exact) mass is 377 g/mol. The van der Waals surface area contributed by atoms with Gasteiger partial charge in [-0.15, -0.1) is 11.8 Å². The molecule has 1 aliphatic rings. The van der Waals surface area contributed by atoms with E-state index in [1.165, 1.54) is 21.2 Å². The fourth-order valence-electron chi connectivity index (χ4n) is 4.19. The van der Waals surface area contributed by atoms with Crippen LogP contribution in [-0.2, 0) is 11.4 Å². The Balaban J connectivity index is 1.60. The maximum Gasteiger partial charge on any atom is 0.103 e. The van der Waals surface area contributed by atoms with E-state index in [4.69, 9.17) is 0 Å². The van der Waals surface area contributed by atoms with Gasteiger partial charge in [0.2, 0.25) is 0 Å². The molecule has 1 fully saturated rings. The van der Waals surface area contributed by atoms with Crippen molar-refractivity contribution in [2.24, 2.45) is 0 Å². The zero-order chi connectivity index (χ0) is 18.7. The molecule has 3 aromatic rings. The number of β-amino-alcohol motifs (C(OH)–C–C–N with tert-alkyl or cyclic N) is 1. The molecule has 1 saturated heterocycles. The number of hydrogen-bond acceptors (Lipinski definition) is 3. The van der Waals surface area contributed by atoms with E-state index in [9.17, 15) is 5.11 Å². The summed E-state index contributed by atoms with van der Waals surface area (Å²) in [6.07, 6.45) is 1.90. The molecule has 0 radical (unpaired) electrons. The molecular formula is C24H27NOS. The van der Waals surface area contributed by atoms with Gasteiger partial charge in [-0.2, -0.15) is 0 Å². The van der Waals surface area contributed by atoms with Crippen LogP contribution in [0, 0.1) is 0 Å². The number of thioether (sulfide) groups is 1. The van der Waals surface area contributed by atoms with Gasteiger partial charge in [0.1, 0.15) is 5.60 Å². The van der Waals surface area contributed by atoms with Gasteiger partial charge in [-0.05, 0) is 53.9 Å². The molecule has 0 bridgehead atoms. The molecule has 0 saturated carbocycles. The highest BCUT2D eigenvalue weighted by molar-refractivity contribution is 7.98. The number of likely N-dealkylation sites (N-methyl/N-ethyl adjacent to an activating group) is 1. The van der Waals surface area contributed by atoms with Gasteiger partial charge in [0, 0.05) is 17.2 Å². The highest BCUT2D eigenvalue weighted by Gasteiger charge is 2.35. The highest BCUT2D eigenvalue weighted by atomic mass is 32.2. The summed E-state index contributed by atoms with van der Waals surface area (Å²) in [5, 5.41) is 14.0. The third kappa shape index (κ3) is 3.91. The minimum Gasteiger partial charge on any atom is -0.384 e. The first kappa shape index (κ1) is 18.5. The van der Waals surface area contributed by atoms with E-state index in [1.807, 2.05) is 11.8 Å². The summed E-state index contributed by atoms with van der Waals surface area (Å²) in [5.41, 5.74) is 1.62. The minimum atomic E-state index is -0.732. The quantitative estimate of drug-likeness (QED) is 0.599. The van der Waals surface area contributed by atoms with Crippen molar-refractivity contribution in [2.75, 3.05) is 19.6 Å². The summed E-state index contributed by atoms with van der Waals surface area (Å²) >= 11 is 1.86. The van der Waals surface area contributed by atoms with E-state index in [2.05, 4.69) is 78.6 Å². The molecule has 3 heteroatoms. The van der Waals surface area contributed by atoms with Crippen molar-refractivity contribution in [3.05, 3.63) is 77.9 Å². The molecule has 1 N–H and O–H groups in total. The highest BCUT2D eigenvalue weighted by Crippen LogP contribution is 2.37. The molecular weight excluding hydrogens is 350 g/mol. The Morgan fingerprint density at radius 1 is 1.00 bits per heavy atom. The zero-order valence-corrected chi connectivity index (χ0v) is 16.7. The summed E-state index contributed by atoms with van der Waals surface area (Å²) in [6, 6.07) is 23.5. The van der Waals surface area contributed by atoms with Gasteiger partial charge in [0.05, 0.1) is 0 Å². The van der Waals surface area contributed by atoms with Gasteiger partial charge < -0.3 is 10.0 Å². The van der Waals surface area contributed by atoms with Crippen LogP contribution < -0.4 is 0 Å². The molecule has 0 amide bonds. The smallest absolute Gasteiger partial charge is 0.103 e. The molecule has 3 aromatic carbocycles. The number of piperidine rings is 1. The second-order valence-corrected chi connectivity index (χ2v) is 8.44. The van der Waals surface area contributed by atoms with Gasteiger partial charge in [-0.1, -0.05) is 67.6 Å². The lowest BCUT2D eigenvalue weighted by atomic mass is 9.83. The summed E-state index contributed by atoms with van der Waals surface area (Å²) in [7, 11) is 0. The van der Waals surface area contributed by atoms with Crippen molar-refractivity contribution in [3.8, 4) is 0 Å². The first-order valence-electron chi connectivity index (χ1n) is 9.83. The number of fused-ring (bicyclic) bond motifs is 1. The van der Waals surface area contributed by atoms with Crippen LogP contribution in [0.25, 0.3) is 10.8 Å². The molecule has 1 atom stereocenters. The van der Waals surface area contributed by atoms with Crippen molar-refractivity contribution >= 4 is 22.5 Å². The number of rotatable bonds is 5. The number of likely N-dealkylation sites (tertiary alicyclic amines) is 1. The van der Waals surface area contributed by atoms with Gasteiger partial charge in [-0.25, -0.2) is 0 Å². The van der Waals surface area contributed by atoms with Crippen LogP contribution in [0.2, 0.25) is 0 Å². The van der Waals surface area contributed by atoms with E-state index < -0.39 is 5.60 Å². The van der Waals surface area contributed by atoms with Crippen molar-refractivity contribution in [3.63, 3.8) is 0 Å². The normalized spacial score (nSPS) is 20.8. The average Bonchev–Trinajstić information content (AvgIpc) is 2.72. The third-order valence-corrected chi connectivity index (χ3v) is 6.77. The molecule has 0 spiro atoms. The second kappa shape index (κ2) is 8.05. The lowest BCUT2D eigenvalue weighted by molar-refractivity contribution is -0.0345. The summed E-state index contributed by atoms with van der Waals surface area (Å²) in [4.78, 5) is 3.66. The van der Waals surface area contributed by atoms with E-state index in [1.54, 1.807) is 0 Å². The second-order valence-electron chi connectivity index (χ2n) is 7.43. The van der Waals surface area contributed by atoms with Crippen LogP contribution in [0.3, 0.4) is 0 Å². The predicted octanol–water partition coefficient (Wildman–Crippen LogP) is 5.44. The lowest BCUT2D eigenvalue weighted by Gasteiger charge is -2.40. The Morgan fingerprint density at radius 2 is 1.78 bits per heavy atom. The van der Waals surface area contributed by atoms with Crippen LogP contribution in [0.4, 0.5) is 0 Å². The summed E-state index contributed by atoms with van der Waals surface area (Å²) in [5.74, 6) is 0.874. The average molecular weight is 378 g/mol. The molecule has 0 aromatic heterocycles. The van der Waals surface area contributed by atoms with Crippen LogP contribution in [0.1, 0.15) is 30.9 Å². The van der Waals surface area contributed by atoms with Gasteiger partial charge in [-0.3, -0.25) is 0 Å². The van der Waals surface area contributed by atoms with Crippen LogP contribution in [-0.4, -0.2) is 29.6 Å². The SMILES string of the molecule is CCN1CCCC(O)(c2ccccc2CSc2cccc3ccccc23)C1. The van der Waals surface area contributed by atoms with Crippen LogP contribution in [0.5, 0.6) is 0 Å². The molecule has 4 rings (SSSR count). The molecule has 1 aliphatic heterocycles. The van der Waals surface area contributed by atoms with Gasteiger partial charge >= 0.3 is 0 Å². The molecule has 2 nitrogen and oxygen atoms in total. The van der Waals surface area contributed by atoms with E-state index in [0.29, 0.717) is 0 Å². The Morgan fingerprint density at radius 3 is 2.67 bits per heavy atom. The summed E-state index contributed by atoms with van der Waals surface area (Å²) in [6.45, 7) is 4.99. The Bertz CT molecular complexity index is 920. The van der Waals surface area contributed by atoms with Crippen molar-refractivity contribution in [1.82, 2.24) is 4.90 Å². The van der Waals surface area contributed by atoms with Crippen LogP contribution >= 0.6 is 11.8 Å². The van der Waals surface area contributed by atoms with Crippen molar-refractivity contribution < 1.29 is 5.11 Å². The van der Waals surface area contributed by atoms with Crippen molar-refractivity contribution in [1.29, 1.82) is 0 Å². The molecule has 1 unspecified atom stereocenters. The third-order valence-electron chi connectivity index (χ3n) is 5.65. The maximum atomic E-state index is 11.4. The Hall–Kier alpha value is -1.81. The largest absolute Gasteiger partial charge is 0.384 e.